The standard InChI is InChI=1S/C22H28N6O6S/c1-12-4-5-15-10-16(12)34-9-7-23-17(30)11-28(22(33)18-13(2)26-35-27-18)8-6-24-21(32)19(14(3)29)25-20(15)31/h4-5,10,14,19,29H,6-9,11H2,1-3H3,(H,23,30)(H,24,32)(H,25,31)/t14-,19+/m1/s1. The van der Waals surface area contributed by atoms with Crippen LogP contribution >= 0.6 is 11.7 Å². The van der Waals surface area contributed by atoms with Crippen LogP contribution in [0.1, 0.15) is 39.0 Å². The van der Waals surface area contributed by atoms with E-state index in [4.69, 9.17) is 4.74 Å². The number of hydrogen-bond acceptors (Lipinski definition) is 9. The predicted molar refractivity (Wildman–Crippen MR) is 126 cm³/mol. The molecule has 1 aromatic carbocycles. The molecule has 2 atom stereocenters. The molecular weight excluding hydrogens is 476 g/mol. The van der Waals surface area contributed by atoms with E-state index in [9.17, 15) is 24.3 Å². The third-order valence-electron chi connectivity index (χ3n) is 5.34. The number of amides is 4. The number of rotatable bonds is 2. The summed E-state index contributed by atoms with van der Waals surface area (Å²) in [5.41, 5.74) is 1.60. The first-order chi connectivity index (χ1) is 16.7. The van der Waals surface area contributed by atoms with Crippen LogP contribution in [-0.4, -0.2) is 87.3 Å². The number of aliphatic hydroxyl groups is 1. The van der Waals surface area contributed by atoms with Crippen molar-refractivity contribution in [3.8, 4) is 5.75 Å². The van der Waals surface area contributed by atoms with Crippen LogP contribution in [0.3, 0.4) is 0 Å². The van der Waals surface area contributed by atoms with Gasteiger partial charge in [-0.1, -0.05) is 6.07 Å². The molecule has 0 radical (unpaired) electrons. The van der Waals surface area contributed by atoms with Crippen molar-refractivity contribution >= 4 is 35.4 Å². The number of aromatic nitrogens is 2. The minimum Gasteiger partial charge on any atom is -0.491 e. The number of hydrogen-bond donors (Lipinski definition) is 4. The lowest BCUT2D eigenvalue weighted by atomic mass is 10.1. The molecule has 0 saturated heterocycles. The fourth-order valence-electron chi connectivity index (χ4n) is 3.36. The number of aliphatic hydroxyl groups excluding tert-OH is 1. The van der Waals surface area contributed by atoms with E-state index < -0.39 is 35.8 Å². The molecule has 188 valence electrons. The first-order valence-electron chi connectivity index (χ1n) is 11.0. The highest BCUT2D eigenvalue weighted by molar-refractivity contribution is 6.99. The summed E-state index contributed by atoms with van der Waals surface area (Å²) < 4.78 is 13.7. The van der Waals surface area contributed by atoms with Crippen LogP contribution in [0.25, 0.3) is 0 Å². The Balaban J connectivity index is 1.83. The molecule has 2 aromatic rings. The molecule has 2 heterocycles. The summed E-state index contributed by atoms with van der Waals surface area (Å²) in [6.07, 6.45) is -1.19. The zero-order chi connectivity index (χ0) is 25.5. The largest absolute Gasteiger partial charge is 0.491 e. The molecule has 0 saturated carbocycles. The molecule has 12 nitrogen and oxygen atoms in total. The molecule has 1 aromatic heterocycles. The number of benzene rings is 1. The van der Waals surface area contributed by atoms with E-state index >= 15 is 0 Å². The van der Waals surface area contributed by atoms with Crippen LogP contribution in [0, 0.1) is 13.8 Å². The summed E-state index contributed by atoms with van der Waals surface area (Å²) in [5, 5.41) is 18.0. The molecule has 3 rings (SSSR count). The molecule has 1 aliphatic heterocycles. The SMILES string of the molecule is Cc1ccc2cc1OCCNC(=O)CN(C(=O)c1nsnc1C)CCNC(=O)[C@H]([C@@H](C)O)NC2=O. The first kappa shape index (κ1) is 26.0. The molecule has 0 aliphatic carbocycles. The Morgan fingerprint density at radius 3 is 2.66 bits per heavy atom. The maximum absolute atomic E-state index is 13.0. The number of fused-ring (bicyclic) bond motifs is 2. The van der Waals surface area contributed by atoms with Crippen molar-refractivity contribution in [1.29, 1.82) is 0 Å². The normalized spacial score (nSPS) is 19.0. The molecular formula is C22H28N6O6S. The van der Waals surface area contributed by atoms with Crippen molar-refractivity contribution in [2.45, 2.75) is 32.9 Å². The Morgan fingerprint density at radius 2 is 1.97 bits per heavy atom. The van der Waals surface area contributed by atoms with Gasteiger partial charge in [-0.3, -0.25) is 19.2 Å². The number of carbonyl (C=O) groups excluding carboxylic acids is 4. The van der Waals surface area contributed by atoms with E-state index in [1.165, 1.54) is 17.9 Å². The van der Waals surface area contributed by atoms with Gasteiger partial charge in [-0.2, -0.15) is 8.75 Å². The van der Waals surface area contributed by atoms with Gasteiger partial charge in [0.1, 0.15) is 18.4 Å². The molecule has 13 heteroatoms. The van der Waals surface area contributed by atoms with E-state index in [2.05, 4.69) is 24.7 Å². The van der Waals surface area contributed by atoms with E-state index in [-0.39, 0.29) is 44.0 Å². The van der Waals surface area contributed by atoms with Crippen LogP contribution < -0.4 is 20.7 Å². The van der Waals surface area contributed by atoms with Gasteiger partial charge < -0.3 is 30.7 Å². The van der Waals surface area contributed by atoms with Crippen molar-refractivity contribution < 1.29 is 29.0 Å². The molecule has 2 bridgehead atoms. The Kier molecular flexibility index (Phi) is 8.71. The summed E-state index contributed by atoms with van der Waals surface area (Å²) in [7, 11) is 0. The van der Waals surface area contributed by atoms with Crippen LogP contribution in [0.2, 0.25) is 0 Å². The fourth-order valence-corrected chi connectivity index (χ4v) is 3.90. The third kappa shape index (κ3) is 6.73. The lowest BCUT2D eigenvalue weighted by Crippen LogP contribution is -2.53. The van der Waals surface area contributed by atoms with Crippen LogP contribution in [0.5, 0.6) is 5.75 Å². The van der Waals surface area contributed by atoms with Crippen molar-refractivity contribution in [3.63, 3.8) is 0 Å². The fraction of sp³-hybridized carbons (Fsp3) is 0.455. The third-order valence-corrected chi connectivity index (χ3v) is 5.96. The van der Waals surface area contributed by atoms with Crippen molar-refractivity contribution in [3.05, 3.63) is 40.7 Å². The highest BCUT2D eigenvalue weighted by atomic mass is 32.1. The van der Waals surface area contributed by atoms with Crippen molar-refractivity contribution in [2.75, 3.05) is 32.8 Å². The number of ether oxygens (including phenoxy) is 1. The van der Waals surface area contributed by atoms with Gasteiger partial charge in [0, 0.05) is 18.7 Å². The Bertz CT molecular complexity index is 1100. The summed E-state index contributed by atoms with van der Waals surface area (Å²) in [6, 6.07) is 3.59. The average Bonchev–Trinajstić information content (AvgIpc) is 3.24. The van der Waals surface area contributed by atoms with Crippen LogP contribution in [0.15, 0.2) is 18.2 Å². The van der Waals surface area contributed by atoms with Gasteiger partial charge in [0.15, 0.2) is 5.69 Å². The van der Waals surface area contributed by atoms with Crippen LogP contribution in [0.4, 0.5) is 0 Å². The van der Waals surface area contributed by atoms with E-state index in [0.717, 1.165) is 17.3 Å². The first-order valence-corrected chi connectivity index (χ1v) is 11.8. The van der Waals surface area contributed by atoms with Crippen molar-refractivity contribution in [2.24, 2.45) is 0 Å². The van der Waals surface area contributed by atoms with Gasteiger partial charge in [0.05, 0.1) is 36.6 Å². The number of nitrogens with one attached hydrogen (secondary N) is 3. The molecule has 1 aliphatic rings. The van der Waals surface area contributed by atoms with Crippen molar-refractivity contribution in [1.82, 2.24) is 29.6 Å². The molecule has 0 spiro atoms. The van der Waals surface area contributed by atoms with E-state index in [0.29, 0.717) is 11.4 Å². The minimum atomic E-state index is -1.23. The minimum absolute atomic E-state index is 0.00803. The van der Waals surface area contributed by atoms with Gasteiger partial charge in [-0.05, 0) is 38.5 Å². The zero-order valence-electron chi connectivity index (χ0n) is 19.7. The molecule has 0 unspecified atom stereocenters. The summed E-state index contributed by atoms with van der Waals surface area (Å²) in [4.78, 5) is 52.2. The summed E-state index contributed by atoms with van der Waals surface area (Å²) in [6.45, 7) is 4.85. The highest BCUT2D eigenvalue weighted by Gasteiger charge is 2.28. The molecule has 0 fully saturated rings. The van der Waals surface area contributed by atoms with Crippen LogP contribution in [-0.2, 0) is 9.59 Å². The van der Waals surface area contributed by atoms with Gasteiger partial charge >= 0.3 is 0 Å². The van der Waals surface area contributed by atoms with Gasteiger partial charge in [-0.15, -0.1) is 0 Å². The maximum atomic E-state index is 13.0. The monoisotopic (exact) mass is 504 g/mol. The second-order valence-electron chi connectivity index (χ2n) is 8.09. The second-order valence-corrected chi connectivity index (χ2v) is 8.61. The number of nitrogens with zero attached hydrogens (tertiary/aromatic N) is 3. The van der Waals surface area contributed by atoms with Gasteiger partial charge in [-0.25, -0.2) is 0 Å². The Hall–Kier alpha value is -3.58. The Morgan fingerprint density at radius 1 is 1.20 bits per heavy atom. The smallest absolute Gasteiger partial charge is 0.276 e. The predicted octanol–water partition coefficient (Wildman–Crippen LogP) is -0.599. The average molecular weight is 505 g/mol. The Labute approximate surface area is 206 Å². The molecule has 4 N–H and O–H groups in total. The van der Waals surface area contributed by atoms with E-state index in [1.807, 2.05) is 6.92 Å². The topological polar surface area (TPSA) is 163 Å². The molecule has 35 heavy (non-hydrogen) atoms. The lowest BCUT2D eigenvalue weighted by molar-refractivity contribution is -0.125. The summed E-state index contributed by atoms with van der Waals surface area (Å²) >= 11 is 0.889. The van der Waals surface area contributed by atoms with Gasteiger partial charge in [0.25, 0.3) is 11.8 Å². The quantitative estimate of drug-likeness (QED) is 0.421. The van der Waals surface area contributed by atoms with Gasteiger partial charge in [0.2, 0.25) is 11.8 Å². The zero-order valence-corrected chi connectivity index (χ0v) is 20.5. The maximum Gasteiger partial charge on any atom is 0.276 e. The number of carbonyl (C=O) groups is 4. The lowest BCUT2D eigenvalue weighted by Gasteiger charge is -2.24. The molecule has 4 amide bonds. The number of aryl methyl sites for hydroxylation is 2. The van der Waals surface area contributed by atoms with E-state index in [1.54, 1.807) is 19.1 Å². The summed E-state index contributed by atoms with van der Waals surface area (Å²) in [5.74, 6) is -1.66. The highest BCUT2D eigenvalue weighted by Crippen LogP contribution is 2.20. The second kappa shape index (κ2) is 11.7.